The molecular weight excluding hydrogens is 378 g/mol. The molecule has 4 rings (SSSR count). The van der Waals surface area contributed by atoms with Gasteiger partial charge in [-0.1, -0.05) is 29.4 Å². The van der Waals surface area contributed by atoms with Gasteiger partial charge in [0.2, 0.25) is 5.89 Å². The monoisotopic (exact) mass is 405 g/mol. The van der Waals surface area contributed by atoms with E-state index in [0.717, 1.165) is 24.2 Å². The molecule has 0 spiro atoms. The van der Waals surface area contributed by atoms with Gasteiger partial charge in [0.15, 0.2) is 5.82 Å². The van der Waals surface area contributed by atoms with Crippen LogP contribution in [0, 0.1) is 25.7 Å². The van der Waals surface area contributed by atoms with Gasteiger partial charge in [-0.3, -0.25) is 4.90 Å². The number of aryl methyl sites for hydroxylation is 2. The van der Waals surface area contributed by atoms with Gasteiger partial charge in [0.1, 0.15) is 0 Å². The number of rotatable bonds is 5. The Bertz CT molecular complexity index is 958. The van der Waals surface area contributed by atoms with Crippen LogP contribution in [0.1, 0.15) is 28.9 Å². The highest BCUT2D eigenvalue weighted by atomic mass is 32.2. The van der Waals surface area contributed by atoms with E-state index in [9.17, 15) is 8.42 Å². The molecule has 2 fully saturated rings. The molecule has 1 aromatic carbocycles. The summed E-state index contributed by atoms with van der Waals surface area (Å²) in [6.07, 6.45) is 0. The van der Waals surface area contributed by atoms with Gasteiger partial charge in [0, 0.05) is 40.7 Å². The summed E-state index contributed by atoms with van der Waals surface area (Å²) in [5, 5.41) is 4.00. The summed E-state index contributed by atoms with van der Waals surface area (Å²) in [6.45, 7) is 6.65. The van der Waals surface area contributed by atoms with Crippen molar-refractivity contribution in [2.75, 3.05) is 33.7 Å². The van der Waals surface area contributed by atoms with E-state index in [-0.39, 0.29) is 17.9 Å². The molecule has 8 nitrogen and oxygen atoms in total. The van der Waals surface area contributed by atoms with Crippen LogP contribution in [0.3, 0.4) is 0 Å². The van der Waals surface area contributed by atoms with E-state index in [2.05, 4.69) is 34.1 Å². The van der Waals surface area contributed by atoms with E-state index >= 15 is 0 Å². The van der Waals surface area contributed by atoms with E-state index < -0.39 is 10.2 Å². The van der Waals surface area contributed by atoms with Crippen LogP contribution in [0.4, 0.5) is 0 Å². The second-order valence-corrected chi connectivity index (χ2v) is 10.1. The molecule has 0 N–H and O–H groups in total. The first-order chi connectivity index (χ1) is 13.3. The number of likely N-dealkylation sites (tertiary alicyclic amines) is 1. The van der Waals surface area contributed by atoms with Crippen LogP contribution < -0.4 is 0 Å². The lowest BCUT2D eigenvalue weighted by Gasteiger charge is -2.31. The zero-order valence-corrected chi connectivity index (χ0v) is 17.6. The molecule has 2 aliphatic heterocycles. The fourth-order valence-corrected chi connectivity index (χ4v) is 5.94. The van der Waals surface area contributed by atoms with Crippen LogP contribution in [0.2, 0.25) is 0 Å². The van der Waals surface area contributed by atoms with Crippen molar-refractivity contribution in [2.45, 2.75) is 26.4 Å². The molecule has 2 saturated heterocycles. The molecule has 1 aromatic heterocycles. The molecule has 0 bridgehead atoms. The fourth-order valence-electron chi connectivity index (χ4n) is 4.58. The predicted octanol–water partition coefficient (Wildman–Crippen LogP) is 1.60. The van der Waals surface area contributed by atoms with Crippen molar-refractivity contribution < 1.29 is 12.9 Å². The minimum Gasteiger partial charge on any atom is -0.340 e. The van der Waals surface area contributed by atoms with Gasteiger partial charge in [-0.15, -0.1) is 0 Å². The second-order valence-electron chi connectivity index (χ2n) is 8.01. The van der Waals surface area contributed by atoms with Crippen LogP contribution in [0.5, 0.6) is 0 Å². The van der Waals surface area contributed by atoms with Crippen LogP contribution in [-0.2, 0) is 16.8 Å². The molecule has 0 aliphatic carbocycles. The summed E-state index contributed by atoms with van der Waals surface area (Å²) in [4.78, 5) is 6.61. The van der Waals surface area contributed by atoms with Crippen molar-refractivity contribution in [1.82, 2.24) is 23.7 Å². The van der Waals surface area contributed by atoms with Gasteiger partial charge < -0.3 is 4.52 Å². The number of nitrogens with zero attached hydrogens (tertiary/aromatic N) is 5. The summed E-state index contributed by atoms with van der Waals surface area (Å²) in [7, 11) is -0.296. The molecule has 0 radical (unpaired) electrons. The highest BCUT2D eigenvalue weighted by molar-refractivity contribution is 7.86. The van der Waals surface area contributed by atoms with Crippen molar-refractivity contribution in [3.05, 3.63) is 47.1 Å². The van der Waals surface area contributed by atoms with Gasteiger partial charge in [-0.2, -0.15) is 22.0 Å². The van der Waals surface area contributed by atoms with Crippen molar-refractivity contribution in [1.29, 1.82) is 0 Å². The molecule has 0 amide bonds. The summed E-state index contributed by atoms with van der Waals surface area (Å²) >= 11 is 0. The highest BCUT2D eigenvalue weighted by Crippen LogP contribution is 2.47. The first-order valence-electron chi connectivity index (χ1n) is 9.53. The first-order valence-corrected chi connectivity index (χ1v) is 10.9. The number of fused-ring (bicyclic) bond motifs is 1. The van der Waals surface area contributed by atoms with Gasteiger partial charge in [-0.25, -0.2) is 0 Å². The summed E-state index contributed by atoms with van der Waals surface area (Å²) in [5.74, 6) is 1.77. The second kappa shape index (κ2) is 7.22. The molecule has 2 aromatic rings. The smallest absolute Gasteiger partial charge is 0.282 e. The summed E-state index contributed by atoms with van der Waals surface area (Å²) < 4.78 is 34.2. The Kier molecular flexibility index (Phi) is 5.03. The van der Waals surface area contributed by atoms with Crippen LogP contribution in [-0.4, -0.2) is 65.8 Å². The van der Waals surface area contributed by atoms with Crippen molar-refractivity contribution in [3.8, 4) is 0 Å². The molecule has 3 heterocycles. The fraction of sp³-hybridized carbons (Fsp3) is 0.579. The molecule has 9 heteroatoms. The minimum atomic E-state index is -3.50. The minimum absolute atomic E-state index is 0.157. The maximum Gasteiger partial charge on any atom is 0.282 e. The Hall–Kier alpha value is -1.81. The average molecular weight is 406 g/mol. The van der Waals surface area contributed by atoms with Gasteiger partial charge in [0.05, 0.1) is 12.6 Å². The van der Waals surface area contributed by atoms with Crippen LogP contribution in [0.15, 0.2) is 28.8 Å². The maximum absolute atomic E-state index is 13.0. The van der Waals surface area contributed by atoms with Crippen LogP contribution in [0.25, 0.3) is 0 Å². The molecule has 152 valence electrons. The van der Waals surface area contributed by atoms with Crippen molar-refractivity contribution in [3.63, 3.8) is 0 Å². The Morgan fingerprint density at radius 3 is 2.57 bits per heavy atom. The van der Waals surface area contributed by atoms with Crippen molar-refractivity contribution >= 4 is 10.2 Å². The zero-order chi connectivity index (χ0) is 20.1. The summed E-state index contributed by atoms with van der Waals surface area (Å²) in [5.41, 5.74) is 2.22. The Balaban J connectivity index is 1.63. The van der Waals surface area contributed by atoms with Gasteiger partial charge in [0.25, 0.3) is 10.2 Å². The zero-order valence-electron chi connectivity index (χ0n) is 16.7. The lowest BCUT2D eigenvalue weighted by atomic mass is 9.88. The van der Waals surface area contributed by atoms with E-state index in [1.807, 2.05) is 12.1 Å². The quantitative estimate of drug-likeness (QED) is 0.751. The number of hydrogen-bond acceptors (Lipinski definition) is 6. The Morgan fingerprint density at radius 2 is 1.93 bits per heavy atom. The van der Waals surface area contributed by atoms with Gasteiger partial charge in [-0.05, 0) is 29.9 Å². The molecule has 0 saturated carbocycles. The highest BCUT2D eigenvalue weighted by Gasteiger charge is 2.52. The molecule has 3 atom stereocenters. The molecule has 2 aliphatic rings. The molecular formula is C19H27N5O3S. The average Bonchev–Trinajstić information content (AvgIpc) is 3.30. The van der Waals surface area contributed by atoms with E-state index in [1.54, 1.807) is 25.3 Å². The third kappa shape index (κ3) is 3.36. The summed E-state index contributed by atoms with van der Waals surface area (Å²) in [6, 6.07) is 7.94. The number of aromatic nitrogens is 2. The number of benzene rings is 1. The predicted molar refractivity (Wildman–Crippen MR) is 105 cm³/mol. The largest absolute Gasteiger partial charge is 0.340 e. The Labute approximate surface area is 166 Å². The molecule has 0 unspecified atom stereocenters. The number of hydrogen-bond donors (Lipinski definition) is 0. The standard InChI is InChI=1S/C19H27N5O3S/c1-13-7-5-6-8-16(13)19-17-11-23(12-18-20-14(2)27-21-18)9-15(17)10-24(19)28(25,26)22(3)4/h5-8,15,17,19H,9-12H2,1-4H3/t15-,17-,19+/m0/s1. The lowest BCUT2D eigenvalue weighted by Crippen LogP contribution is -2.42. The maximum atomic E-state index is 13.0. The molecule has 28 heavy (non-hydrogen) atoms. The third-order valence-electron chi connectivity index (χ3n) is 5.90. The Morgan fingerprint density at radius 1 is 1.18 bits per heavy atom. The first kappa shape index (κ1) is 19.5. The SMILES string of the molecule is Cc1nc(CN2C[C@H]3CN(S(=O)(=O)N(C)C)[C@H](c4ccccc4C)[C@H]3C2)no1. The third-order valence-corrected chi connectivity index (χ3v) is 7.79. The van der Waals surface area contributed by atoms with Crippen LogP contribution >= 0.6 is 0 Å². The van der Waals surface area contributed by atoms with E-state index in [4.69, 9.17) is 4.52 Å². The normalized spacial score (nSPS) is 26.2. The lowest BCUT2D eigenvalue weighted by molar-refractivity contribution is 0.247. The van der Waals surface area contributed by atoms with E-state index in [0.29, 0.717) is 24.8 Å². The topological polar surface area (TPSA) is 82.8 Å². The van der Waals surface area contributed by atoms with E-state index in [1.165, 1.54) is 4.31 Å². The van der Waals surface area contributed by atoms with Crippen molar-refractivity contribution in [2.24, 2.45) is 11.8 Å². The van der Waals surface area contributed by atoms with Gasteiger partial charge >= 0.3 is 0 Å².